The molecule has 4 rings (SSSR count). The van der Waals surface area contributed by atoms with E-state index in [1.165, 1.54) is 52.0 Å². The Hall–Kier alpha value is -3.55. The van der Waals surface area contributed by atoms with Crippen LogP contribution in [0.15, 0.2) is 58.4 Å². The van der Waals surface area contributed by atoms with Crippen molar-refractivity contribution >= 4 is 10.9 Å². The summed E-state index contributed by atoms with van der Waals surface area (Å²) < 4.78 is 15.7. The Bertz CT molecular complexity index is 1190. The van der Waals surface area contributed by atoms with E-state index in [0.717, 1.165) is 0 Å². The molecule has 124 valence electrons. The van der Waals surface area contributed by atoms with Crippen LogP contribution in [0, 0.1) is 12.7 Å². The summed E-state index contributed by atoms with van der Waals surface area (Å²) in [7, 11) is 0. The largest absolute Gasteiger partial charge is 0.287 e. The predicted molar refractivity (Wildman–Crippen MR) is 89.8 cm³/mol. The van der Waals surface area contributed by atoms with E-state index in [-0.39, 0.29) is 17.1 Å². The summed E-state index contributed by atoms with van der Waals surface area (Å²) in [5, 5.41) is 3.20. The van der Waals surface area contributed by atoms with Crippen LogP contribution in [-0.2, 0) is 0 Å². The van der Waals surface area contributed by atoms with Gasteiger partial charge in [0.25, 0.3) is 17.1 Å². The highest BCUT2D eigenvalue weighted by Gasteiger charge is 2.16. The Labute approximate surface area is 140 Å². The molecule has 7 nitrogen and oxygen atoms in total. The van der Waals surface area contributed by atoms with Crippen LogP contribution in [0.5, 0.6) is 0 Å². The molecule has 0 atom stereocenters. The van der Waals surface area contributed by atoms with Crippen molar-refractivity contribution in [2.45, 2.75) is 6.92 Å². The van der Waals surface area contributed by atoms with E-state index < -0.39 is 5.82 Å². The summed E-state index contributed by atoms with van der Waals surface area (Å²) in [5.74, 6) is -0.218. The molecule has 0 aliphatic heterocycles. The SMILES string of the molecule is Cc1c2c(=O)n(-c3ncccn3)[nH]c2cc(=O)n1-c1ccc(F)cc1. The van der Waals surface area contributed by atoms with Gasteiger partial charge in [0.15, 0.2) is 0 Å². The predicted octanol–water partition coefficient (Wildman–Crippen LogP) is 1.71. The summed E-state index contributed by atoms with van der Waals surface area (Å²) in [6.45, 7) is 1.67. The number of nitrogens with zero attached hydrogens (tertiary/aromatic N) is 4. The van der Waals surface area contributed by atoms with Crippen molar-refractivity contribution in [1.82, 2.24) is 24.3 Å². The number of rotatable bonds is 2. The lowest BCUT2D eigenvalue weighted by molar-refractivity contribution is 0.627. The average molecular weight is 337 g/mol. The van der Waals surface area contributed by atoms with E-state index in [4.69, 9.17) is 0 Å². The molecule has 0 saturated carbocycles. The first-order valence-electron chi connectivity index (χ1n) is 7.47. The first-order chi connectivity index (χ1) is 12.1. The molecule has 0 aliphatic rings. The summed E-state index contributed by atoms with van der Waals surface area (Å²) >= 11 is 0. The van der Waals surface area contributed by atoms with Gasteiger partial charge in [-0.05, 0) is 37.3 Å². The van der Waals surface area contributed by atoms with E-state index in [9.17, 15) is 14.0 Å². The monoisotopic (exact) mass is 337 g/mol. The second kappa shape index (κ2) is 5.52. The van der Waals surface area contributed by atoms with Gasteiger partial charge in [0, 0.05) is 29.8 Å². The zero-order chi connectivity index (χ0) is 17.6. The molecule has 8 heteroatoms. The third-order valence-electron chi connectivity index (χ3n) is 3.94. The van der Waals surface area contributed by atoms with Gasteiger partial charge in [-0.1, -0.05) is 0 Å². The van der Waals surface area contributed by atoms with Crippen molar-refractivity contribution < 1.29 is 4.39 Å². The molecule has 0 spiro atoms. The minimum absolute atomic E-state index is 0.184. The van der Waals surface area contributed by atoms with Crippen LogP contribution in [0.25, 0.3) is 22.5 Å². The number of pyridine rings is 1. The molecule has 1 N–H and O–H groups in total. The van der Waals surface area contributed by atoms with Crippen LogP contribution in [0.2, 0.25) is 0 Å². The minimum atomic E-state index is -0.402. The van der Waals surface area contributed by atoms with Gasteiger partial charge >= 0.3 is 0 Å². The molecule has 0 aliphatic carbocycles. The number of nitrogens with one attached hydrogen (secondary N) is 1. The summed E-state index contributed by atoms with van der Waals surface area (Å²) in [6.07, 6.45) is 3.04. The lowest BCUT2D eigenvalue weighted by atomic mass is 10.2. The molecule has 0 radical (unpaired) electrons. The number of halogens is 1. The second-order valence-corrected chi connectivity index (χ2v) is 5.47. The molecule has 3 aromatic heterocycles. The Morgan fingerprint density at radius 3 is 2.44 bits per heavy atom. The van der Waals surface area contributed by atoms with Gasteiger partial charge in [-0.2, -0.15) is 4.68 Å². The van der Waals surface area contributed by atoms with Crippen molar-refractivity contribution in [1.29, 1.82) is 0 Å². The lowest BCUT2D eigenvalue weighted by Crippen LogP contribution is -2.22. The smallest absolute Gasteiger partial charge is 0.283 e. The van der Waals surface area contributed by atoms with E-state index in [0.29, 0.717) is 22.3 Å². The zero-order valence-electron chi connectivity index (χ0n) is 13.1. The second-order valence-electron chi connectivity index (χ2n) is 5.47. The van der Waals surface area contributed by atoms with Gasteiger partial charge in [-0.3, -0.25) is 19.3 Å². The Balaban J connectivity index is 2.03. The number of aromatic nitrogens is 5. The van der Waals surface area contributed by atoms with Crippen LogP contribution in [0.3, 0.4) is 0 Å². The van der Waals surface area contributed by atoms with Crippen LogP contribution in [0.1, 0.15) is 5.69 Å². The maximum Gasteiger partial charge on any atom is 0.283 e. The van der Waals surface area contributed by atoms with Crippen molar-refractivity contribution in [2.24, 2.45) is 0 Å². The number of hydrogen-bond donors (Lipinski definition) is 1. The number of benzene rings is 1. The van der Waals surface area contributed by atoms with Crippen LogP contribution in [0.4, 0.5) is 4.39 Å². The molecular weight excluding hydrogens is 325 g/mol. The molecular formula is C17H12FN5O2. The maximum atomic E-state index is 13.2. The van der Waals surface area contributed by atoms with Gasteiger partial charge in [0.2, 0.25) is 0 Å². The number of fused-ring (bicyclic) bond motifs is 1. The number of aromatic amines is 1. The normalized spacial score (nSPS) is 11.1. The van der Waals surface area contributed by atoms with Crippen molar-refractivity contribution in [3.8, 4) is 11.6 Å². The summed E-state index contributed by atoms with van der Waals surface area (Å²) in [4.78, 5) is 33.4. The highest BCUT2D eigenvalue weighted by atomic mass is 19.1. The van der Waals surface area contributed by atoms with E-state index in [1.54, 1.807) is 13.0 Å². The third kappa shape index (κ3) is 2.35. The molecule has 4 aromatic rings. The van der Waals surface area contributed by atoms with Gasteiger partial charge < -0.3 is 0 Å². The average Bonchev–Trinajstić information content (AvgIpc) is 2.94. The van der Waals surface area contributed by atoms with Crippen LogP contribution in [-0.4, -0.2) is 24.3 Å². The molecule has 25 heavy (non-hydrogen) atoms. The quantitative estimate of drug-likeness (QED) is 0.603. The molecule has 1 aromatic carbocycles. The fraction of sp³-hybridized carbons (Fsp3) is 0.0588. The standard InChI is InChI=1S/C17H12FN5O2/c1-10-15-13(21-23(16(15)25)17-19-7-2-8-20-17)9-14(24)22(10)12-5-3-11(18)4-6-12/h2-9,21H,1H3. The highest BCUT2D eigenvalue weighted by Crippen LogP contribution is 2.16. The molecule has 0 unspecified atom stereocenters. The van der Waals surface area contributed by atoms with E-state index in [1.807, 2.05) is 0 Å². The molecule has 0 saturated heterocycles. The first-order valence-corrected chi connectivity index (χ1v) is 7.47. The highest BCUT2D eigenvalue weighted by molar-refractivity contribution is 5.81. The fourth-order valence-corrected chi connectivity index (χ4v) is 2.83. The summed E-state index contributed by atoms with van der Waals surface area (Å²) in [5.41, 5.74) is 0.616. The Kier molecular flexibility index (Phi) is 3.31. The zero-order valence-corrected chi connectivity index (χ0v) is 13.1. The van der Waals surface area contributed by atoms with Gasteiger partial charge in [-0.25, -0.2) is 14.4 Å². The first kappa shape index (κ1) is 15.0. The maximum absolute atomic E-state index is 13.2. The topological polar surface area (TPSA) is 85.6 Å². The van der Waals surface area contributed by atoms with Gasteiger partial charge in [0.05, 0.1) is 10.9 Å². The Morgan fingerprint density at radius 1 is 1.08 bits per heavy atom. The molecule has 0 amide bonds. The minimum Gasteiger partial charge on any atom is -0.287 e. The number of hydrogen-bond acceptors (Lipinski definition) is 4. The van der Waals surface area contributed by atoms with Gasteiger partial charge in [0.1, 0.15) is 5.82 Å². The molecule has 0 bridgehead atoms. The third-order valence-corrected chi connectivity index (χ3v) is 3.94. The van der Waals surface area contributed by atoms with E-state index in [2.05, 4.69) is 15.1 Å². The van der Waals surface area contributed by atoms with E-state index >= 15 is 0 Å². The van der Waals surface area contributed by atoms with Crippen LogP contribution >= 0.6 is 0 Å². The van der Waals surface area contributed by atoms with Crippen molar-refractivity contribution in [3.63, 3.8) is 0 Å². The number of aryl methyl sites for hydroxylation is 1. The van der Waals surface area contributed by atoms with Crippen molar-refractivity contribution in [3.05, 3.63) is 81.0 Å². The summed E-state index contributed by atoms with van der Waals surface area (Å²) in [6, 6.07) is 8.46. The fourth-order valence-electron chi connectivity index (χ4n) is 2.83. The molecule has 3 heterocycles. The lowest BCUT2D eigenvalue weighted by Gasteiger charge is -2.09. The number of H-pyrrole nitrogens is 1. The van der Waals surface area contributed by atoms with Crippen LogP contribution < -0.4 is 11.1 Å². The molecule has 0 fully saturated rings. The van der Waals surface area contributed by atoms with Gasteiger partial charge in [-0.15, -0.1) is 0 Å². The Morgan fingerprint density at radius 2 is 1.76 bits per heavy atom. The van der Waals surface area contributed by atoms with Crippen molar-refractivity contribution in [2.75, 3.05) is 0 Å².